The number of nitrogens with one attached hydrogen (secondary N) is 3. The first-order chi connectivity index (χ1) is 13.0. The van der Waals surface area contributed by atoms with Gasteiger partial charge in [-0.15, -0.1) is 0 Å². The van der Waals surface area contributed by atoms with Crippen LogP contribution in [-0.2, 0) is 0 Å². The molecule has 7 nitrogen and oxygen atoms in total. The highest BCUT2D eigenvalue weighted by Gasteiger charge is 2.24. The Labute approximate surface area is 159 Å². The van der Waals surface area contributed by atoms with Crippen LogP contribution in [0.1, 0.15) is 17.4 Å². The SMILES string of the molecule is N#Cc1ccc2c(c1)NC(O)c1c(Nc3ccc(Cl)c(O)c3)ccnc1N2. The Bertz CT molecular complexity index is 1080. The molecule has 1 aliphatic rings. The smallest absolute Gasteiger partial charge is 0.156 e. The van der Waals surface area contributed by atoms with Gasteiger partial charge in [-0.3, -0.25) is 0 Å². The maximum atomic E-state index is 10.7. The van der Waals surface area contributed by atoms with Crippen LogP contribution in [0.5, 0.6) is 5.75 Å². The lowest BCUT2D eigenvalue weighted by molar-refractivity contribution is 0.210. The molecule has 8 heteroatoms. The number of hydrogen-bond acceptors (Lipinski definition) is 7. The number of nitrogens with zero attached hydrogens (tertiary/aromatic N) is 2. The fourth-order valence-corrected chi connectivity index (χ4v) is 3.01. The fourth-order valence-electron chi connectivity index (χ4n) is 2.89. The number of phenols is 1. The van der Waals surface area contributed by atoms with E-state index < -0.39 is 6.23 Å². The summed E-state index contributed by atoms with van der Waals surface area (Å²) in [6.45, 7) is 0. The molecule has 0 fully saturated rings. The first kappa shape index (κ1) is 17.0. The Morgan fingerprint density at radius 3 is 2.78 bits per heavy atom. The predicted octanol–water partition coefficient (Wildman–Crippen LogP) is 4.22. The van der Waals surface area contributed by atoms with E-state index >= 15 is 0 Å². The van der Waals surface area contributed by atoms with Crippen molar-refractivity contribution in [2.75, 3.05) is 16.0 Å². The van der Waals surface area contributed by atoms with Gasteiger partial charge < -0.3 is 26.2 Å². The molecule has 0 spiro atoms. The number of phenolic OH excluding ortho intramolecular Hbond substituents is 1. The second kappa shape index (κ2) is 6.68. The van der Waals surface area contributed by atoms with Gasteiger partial charge in [0.25, 0.3) is 0 Å². The number of aromatic nitrogens is 1. The van der Waals surface area contributed by atoms with Crippen molar-refractivity contribution in [3.8, 4) is 11.8 Å². The predicted molar refractivity (Wildman–Crippen MR) is 104 cm³/mol. The highest BCUT2D eigenvalue weighted by Crippen LogP contribution is 2.39. The van der Waals surface area contributed by atoms with Gasteiger partial charge in [-0.1, -0.05) is 11.6 Å². The average molecular weight is 380 g/mol. The van der Waals surface area contributed by atoms with E-state index in [0.717, 1.165) is 0 Å². The van der Waals surface area contributed by atoms with E-state index in [1.54, 1.807) is 42.6 Å². The quantitative estimate of drug-likeness (QED) is 0.453. The lowest BCUT2D eigenvalue weighted by Crippen LogP contribution is -2.11. The van der Waals surface area contributed by atoms with Crippen LogP contribution in [-0.4, -0.2) is 15.2 Å². The number of fused-ring (bicyclic) bond motifs is 2. The van der Waals surface area contributed by atoms with Crippen LogP contribution in [0, 0.1) is 11.3 Å². The molecule has 0 bridgehead atoms. The van der Waals surface area contributed by atoms with Crippen molar-refractivity contribution >= 4 is 40.2 Å². The molecule has 1 aromatic heterocycles. The molecule has 1 unspecified atom stereocenters. The van der Waals surface area contributed by atoms with Crippen molar-refractivity contribution in [3.05, 3.63) is 64.8 Å². The number of aromatic hydroxyl groups is 1. The van der Waals surface area contributed by atoms with Crippen LogP contribution in [0.3, 0.4) is 0 Å². The number of nitriles is 1. The van der Waals surface area contributed by atoms with E-state index in [2.05, 4.69) is 27.0 Å². The van der Waals surface area contributed by atoms with Gasteiger partial charge >= 0.3 is 0 Å². The molecule has 0 aliphatic carbocycles. The number of halogens is 1. The summed E-state index contributed by atoms with van der Waals surface area (Å²) in [5.74, 6) is 0.427. The van der Waals surface area contributed by atoms with Gasteiger partial charge in [-0.25, -0.2) is 4.98 Å². The minimum Gasteiger partial charge on any atom is -0.506 e. The van der Waals surface area contributed by atoms with E-state index in [9.17, 15) is 10.2 Å². The number of anilines is 5. The van der Waals surface area contributed by atoms with Crippen molar-refractivity contribution < 1.29 is 10.2 Å². The Morgan fingerprint density at radius 2 is 2.00 bits per heavy atom. The molecule has 0 amide bonds. The Morgan fingerprint density at radius 1 is 1.15 bits per heavy atom. The van der Waals surface area contributed by atoms with E-state index in [1.165, 1.54) is 6.07 Å². The van der Waals surface area contributed by atoms with Gasteiger partial charge in [0, 0.05) is 18.0 Å². The van der Waals surface area contributed by atoms with E-state index in [4.69, 9.17) is 16.9 Å². The molecular formula is C19H14ClN5O2. The number of hydrogen-bond donors (Lipinski definition) is 5. The van der Waals surface area contributed by atoms with Crippen molar-refractivity contribution in [2.24, 2.45) is 0 Å². The molecule has 2 aromatic carbocycles. The molecule has 5 N–H and O–H groups in total. The lowest BCUT2D eigenvalue weighted by atomic mass is 10.1. The second-order valence-electron chi connectivity index (χ2n) is 5.96. The normalized spacial score (nSPS) is 14.6. The fraction of sp³-hybridized carbons (Fsp3) is 0.0526. The molecule has 1 atom stereocenters. The summed E-state index contributed by atoms with van der Waals surface area (Å²) in [7, 11) is 0. The zero-order chi connectivity index (χ0) is 19.0. The maximum absolute atomic E-state index is 10.7. The summed E-state index contributed by atoms with van der Waals surface area (Å²) in [6, 6.07) is 13.7. The molecule has 0 saturated heterocycles. The largest absolute Gasteiger partial charge is 0.506 e. The number of aliphatic hydroxyl groups excluding tert-OH is 1. The second-order valence-corrected chi connectivity index (χ2v) is 6.36. The van der Waals surface area contributed by atoms with Crippen LogP contribution in [0.15, 0.2) is 48.7 Å². The summed E-state index contributed by atoms with van der Waals surface area (Å²) in [4.78, 5) is 4.32. The van der Waals surface area contributed by atoms with Gasteiger partial charge in [0.2, 0.25) is 0 Å². The number of aliphatic hydroxyl groups is 1. The van der Waals surface area contributed by atoms with Crippen molar-refractivity contribution in [1.29, 1.82) is 5.26 Å². The molecule has 2 heterocycles. The zero-order valence-electron chi connectivity index (χ0n) is 13.9. The van der Waals surface area contributed by atoms with Gasteiger partial charge in [0.15, 0.2) is 6.23 Å². The van der Waals surface area contributed by atoms with Gasteiger partial charge in [0.1, 0.15) is 11.6 Å². The van der Waals surface area contributed by atoms with Crippen LogP contribution in [0.2, 0.25) is 5.02 Å². The molecule has 0 radical (unpaired) electrons. The third-order valence-electron chi connectivity index (χ3n) is 4.18. The van der Waals surface area contributed by atoms with Crippen LogP contribution < -0.4 is 16.0 Å². The highest BCUT2D eigenvalue weighted by atomic mass is 35.5. The molecular weight excluding hydrogens is 366 g/mol. The van der Waals surface area contributed by atoms with E-state index in [1.807, 2.05) is 0 Å². The third-order valence-corrected chi connectivity index (χ3v) is 4.50. The van der Waals surface area contributed by atoms with Crippen molar-refractivity contribution in [2.45, 2.75) is 6.23 Å². The summed E-state index contributed by atoms with van der Waals surface area (Å²) in [5.41, 5.74) is 3.47. The van der Waals surface area contributed by atoms with E-state index in [-0.39, 0.29) is 10.8 Å². The molecule has 0 saturated carbocycles. The summed E-state index contributed by atoms with van der Waals surface area (Å²) >= 11 is 5.85. The van der Waals surface area contributed by atoms with E-state index in [0.29, 0.717) is 39.7 Å². The lowest BCUT2D eigenvalue weighted by Gasteiger charge is -2.18. The molecule has 4 rings (SSSR count). The topological polar surface area (TPSA) is 113 Å². The summed E-state index contributed by atoms with van der Waals surface area (Å²) in [5, 5.41) is 39.2. The zero-order valence-corrected chi connectivity index (χ0v) is 14.6. The maximum Gasteiger partial charge on any atom is 0.156 e. The van der Waals surface area contributed by atoms with Gasteiger partial charge in [-0.05, 0) is 36.4 Å². The molecule has 27 heavy (non-hydrogen) atoms. The molecule has 134 valence electrons. The highest BCUT2D eigenvalue weighted by molar-refractivity contribution is 6.32. The Balaban J connectivity index is 1.74. The average Bonchev–Trinajstić information content (AvgIpc) is 2.80. The Kier molecular flexibility index (Phi) is 4.20. The number of pyridine rings is 1. The van der Waals surface area contributed by atoms with Crippen molar-refractivity contribution in [1.82, 2.24) is 4.98 Å². The first-order valence-electron chi connectivity index (χ1n) is 8.05. The standard InChI is InChI=1S/C19H14ClN5O2/c20-12-3-2-11(8-16(12)26)23-14-5-6-22-18-17(14)19(27)25-15-7-10(9-21)1-4-13(15)24-18/h1-8,19,25-27H,(H2,22,23,24). The number of benzene rings is 2. The van der Waals surface area contributed by atoms with Crippen molar-refractivity contribution in [3.63, 3.8) is 0 Å². The van der Waals surface area contributed by atoms with Gasteiger partial charge in [-0.2, -0.15) is 5.26 Å². The minimum atomic E-state index is -1.07. The molecule has 1 aliphatic heterocycles. The van der Waals surface area contributed by atoms with Crippen LogP contribution in [0.4, 0.5) is 28.6 Å². The number of rotatable bonds is 2. The summed E-state index contributed by atoms with van der Waals surface area (Å²) in [6.07, 6.45) is 0.533. The summed E-state index contributed by atoms with van der Waals surface area (Å²) < 4.78 is 0. The van der Waals surface area contributed by atoms with Crippen LogP contribution in [0.25, 0.3) is 0 Å². The Hall–Kier alpha value is -3.47. The minimum absolute atomic E-state index is 0.0463. The monoisotopic (exact) mass is 379 g/mol. The molecule has 3 aromatic rings. The van der Waals surface area contributed by atoms with Crippen LogP contribution >= 0.6 is 11.6 Å². The third kappa shape index (κ3) is 3.19. The first-order valence-corrected chi connectivity index (χ1v) is 8.43. The van der Waals surface area contributed by atoms with Gasteiger partial charge in [0.05, 0.1) is 39.3 Å².